The van der Waals surface area contributed by atoms with E-state index in [1.165, 1.54) is 62.5 Å². The molecule has 0 radical (unpaired) electrons. The SMILES string of the molecule is COc1cc2c(cc1OCc1cc(O)cc(COc3cc4c(cc3OC)C(=O)N3Cc5ccccc5CC3C(O)N4C(=O)OCc3ccc(NC(=O)[C@H](C)NC(=O)[C@@H](NC(=O)CCCCCN4C(=O)C=CC4=O)C(C)C)cc3)n1)N=C[C@@H]1Cc3ccccc3CN1C2=O. The van der Waals surface area contributed by atoms with Crippen LogP contribution in [-0.2, 0) is 74.5 Å². The van der Waals surface area contributed by atoms with Crippen molar-refractivity contribution in [1.29, 1.82) is 0 Å². The molecule has 1 aromatic heterocycles. The molecule has 5 aliphatic rings. The largest absolute Gasteiger partial charge is 0.508 e. The number of aromatic nitrogens is 1. The molecule has 5 N–H and O–H groups in total. The fourth-order valence-corrected chi connectivity index (χ4v) is 12.0. The fourth-order valence-electron chi connectivity index (χ4n) is 12.0. The Kier molecular flexibility index (Phi) is 19.2. The third-order valence-electron chi connectivity index (χ3n) is 17.0. The topological polar surface area (TPSA) is 297 Å². The van der Waals surface area contributed by atoms with Crippen LogP contribution in [0.25, 0.3) is 0 Å². The van der Waals surface area contributed by atoms with E-state index < -0.39 is 48.2 Å². The number of nitrogens with zero attached hydrogens (tertiary/aromatic N) is 6. The van der Waals surface area contributed by atoms with Gasteiger partial charge in [-0.15, -0.1) is 0 Å². The average Bonchev–Trinajstić information content (AvgIpc) is 1.72. The van der Waals surface area contributed by atoms with Crippen LogP contribution in [0.3, 0.4) is 0 Å². The molecular formula is C69H71N9O15. The lowest BCUT2D eigenvalue weighted by molar-refractivity contribution is -0.137. The van der Waals surface area contributed by atoms with Crippen LogP contribution in [0.4, 0.5) is 21.9 Å². The number of anilines is 2. The lowest BCUT2D eigenvalue weighted by atomic mass is 9.93. The van der Waals surface area contributed by atoms with Crippen LogP contribution < -0.4 is 39.8 Å². The molecule has 0 saturated carbocycles. The van der Waals surface area contributed by atoms with Crippen molar-refractivity contribution in [2.24, 2.45) is 10.9 Å². The maximum Gasteiger partial charge on any atom is 0.416 e. The highest BCUT2D eigenvalue weighted by Gasteiger charge is 2.46. The molecule has 8 amide bonds. The highest BCUT2D eigenvalue weighted by molar-refractivity contribution is 6.13. The molecule has 2 unspecified atom stereocenters. The first-order valence-electron chi connectivity index (χ1n) is 30.7. The molecule has 93 heavy (non-hydrogen) atoms. The summed E-state index contributed by atoms with van der Waals surface area (Å²) in [6.45, 7) is 5.16. The first kappa shape index (κ1) is 63.9. The molecule has 0 bridgehead atoms. The number of carbonyl (C=O) groups excluding carboxylic acids is 8. The number of amides is 8. The van der Waals surface area contributed by atoms with E-state index in [-0.39, 0.29) is 121 Å². The number of aliphatic hydroxyl groups is 1. The predicted molar refractivity (Wildman–Crippen MR) is 339 cm³/mol. The first-order chi connectivity index (χ1) is 44.8. The number of aromatic hydroxyl groups is 1. The number of rotatable bonds is 22. The van der Waals surface area contributed by atoms with Crippen LogP contribution >= 0.6 is 0 Å². The summed E-state index contributed by atoms with van der Waals surface area (Å²) in [5.41, 5.74) is 6.18. The Morgan fingerprint density at radius 2 is 1.26 bits per heavy atom. The molecule has 6 heterocycles. The summed E-state index contributed by atoms with van der Waals surface area (Å²) >= 11 is 0. The van der Waals surface area contributed by atoms with Gasteiger partial charge in [0.15, 0.2) is 29.2 Å². The van der Waals surface area contributed by atoms with E-state index in [4.69, 9.17) is 33.7 Å². The molecule has 24 nitrogen and oxygen atoms in total. The average molecular weight is 1270 g/mol. The third-order valence-corrected chi connectivity index (χ3v) is 17.0. The van der Waals surface area contributed by atoms with Gasteiger partial charge in [0, 0.05) is 74.4 Å². The van der Waals surface area contributed by atoms with Crippen LogP contribution in [0, 0.1) is 5.92 Å². The van der Waals surface area contributed by atoms with Crippen molar-refractivity contribution in [3.8, 4) is 28.7 Å². The zero-order chi connectivity index (χ0) is 65.6. The Hall–Kier alpha value is -10.6. The number of ether oxygens (including phenoxy) is 5. The van der Waals surface area contributed by atoms with Gasteiger partial charge >= 0.3 is 6.09 Å². The van der Waals surface area contributed by atoms with E-state index in [1.54, 1.807) is 61.4 Å². The summed E-state index contributed by atoms with van der Waals surface area (Å²) in [6, 6.07) is 27.8. The number of nitrogens with one attached hydrogen (secondary N) is 3. The quantitative estimate of drug-likeness (QED) is 0.0328. The van der Waals surface area contributed by atoms with Gasteiger partial charge in [-0.25, -0.2) is 9.69 Å². The maximum absolute atomic E-state index is 14.8. The van der Waals surface area contributed by atoms with E-state index in [0.29, 0.717) is 66.2 Å². The minimum Gasteiger partial charge on any atom is -0.508 e. The fraction of sp³-hybridized carbons (Fsp3) is 0.333. The van der Waals surface area contributed by atoms with Gasteiger partial charge in [-0.3, -0.25) is 48.4 Å². The van der Waals surface area contributed by atoms with E-state index in [1.807, 2.05) is 42.5 Å². The molecule has 0 spiro atoms. The number of benzene rings is 5. The lowest BCUT2D eigenvalue weighted by Crippen LogP contribution is -2.55. The van der Waals surface area contributed by atoms with Gasteiger partial charge < -0.3 is 59.6 Å². The van der Waals surface area contributed by atoms with Crippen molar-refractivity contribution in [3.05, 3.63) is 172 Å². The molecular weight excluding hydrogens is 1190 g/mol. The number of aliphatic imine (C=N–C) groups is 1. The van der Waals surface area contributed by atoms with Gasteiger partial charge in [-0.05, 0) is 90.6 Å². The summed E-state index contributed by atoms with van der Waals surface area (Å²) in [5, 5.41) is 31.6. The number of methoxy groups -OCH3 is 2. The predicted octanol–water partition coefficient (Wildman–Crippen LogP) is 7.36. The number of aliphatic hydroxyl groups excluding tert-OH is 1. The second kappa shape index (κ2) is 27.9. The Morgan fingerprint density at radius 1 is 0.656 bits per heavy atom. The van der Waals surface area contributed by atoms with Gasteiger partial charge in [0.25, 0.3) is 23.6 Å². The standard InChI is InChI=1S/C69H71N9O15/c1-39(2)63(74-60(80)17-7-6-12-24-75-61(81)22-23-62(75)82)65(84)71-40(3)64(83)73-46-20-18-41(19-21-46)36-93-69(88)78-54-32-59(57(90-5)30-52(54)67(86)77-35-45-16-11-9-14-43(45)26-55(77)68(78)87)92-38-48-28-50(79)27-47(72-48)37-91-58-31-53-51(29-56(58)89-4)66(85)76-34-44-15-10-8-13-42(44)25-49(76)33-70-53/h8-11,13-16,18-23,27-33,39-40,49,55,63,68,87H,6-7,12,17,24-26,34-38H2,1-5H3,(H,71,84)(H,72,79)(H,73,83)(H,74,80)/t40-,49-,55?,63-,68?/m0/s1. The van der Waals surface area contributed by atoms with Crippen LogP contribution in [0.15, 0.2) is 126 Å². The Labute approximate surface area is 536 Å². The van der Waals surface area contributed by atoms with Gasteiger partial charge in [-0.2, -0.15) is 0 Å². The number of hydrogen-bond acceptors (Lipinski definition) is 17. The molecule has 0 aliphatic carbocycles. The van der Waals surface area contributed by atoms with Crippen LogP contribution in [0.2, 0.25) is 0 Å². The summed E-state index contributed by atoms with van der Waals surface area (Å²) in [6.07, 6.45) is 4.15. The van der Waals surface area contributed by atoms with Gasteiger partial charge in [0.05, 0.1) is 60.2 Å². The third kappa shape index (κ3) is 14.1. The normalized spacial score (nSPS) is 17.6. The van der Waals surface area contributed by atoms with Crippen LogP contribution in [0.1, 0.15) is 106 Å². The number of fused-ring (bicyclic) bond motifs is 6. The minimum absolute atomic E-state index is 0.0152. The minimum atomic E-state index is -1.63. The number of carbonyl (C=O) groups is 8. The van der Waals surface area contributed by atoms with Crippen molar-refractivity contribution in [3.63, 3.8) is 0 Å². The van der Waals surface area contributed by atoms with Crippen molar-refractivity contribution < 1.29 is 72.3 Å². The van der Waals surface area contributed by atoms with E-state index in [2.05, 4.69) is 22.0 Å². The molecule has 5 atom stereocenters. The zero-order valence-electron chi connectivity index (χ0n) is 52.0. The van der Waals surface area contributed by atoms with Crippen molar-refractivity contribution in [2.75, 3.05) is 31.0 Å². The summed E-state index contributed by atoms with van der Waals surface area (Å²) < 4.78 is 30.0. The number of unbranched alkanes of at least 4 members (excludes halogenated alkanes) is 2. The smallest absolute Gasteiger partial charge is 0.416 e. The summed E-state index contributed by atoms with van der Waals surface area (Å²) in [7, 11) is 2.86. The molecule has 0 fully saturated rings. The van der Waals surface area contributed by atoms with Gasteiger partial charge in [0.1, 0.15) is 37.7 Å². The van der Waals surface area contributed by atoms with Gasteiger partial charge in [-0.1, -0.05) is 80.9 Å². The van der Waals surface area contributed by atoms with Gasteiger partial charge in [0.2, 0.25) is 17.7 Å². The van der Waals surface area contributed by atoms with E-state index in [0.717, 1.165) is 32.1 Å². The number of imide groups is 1. The highest BCUT2D eigenvalue weighted by Crippen LogP contribution is 2.43. The summed E-state index contributed by atoms with van der Waals surface area (Å²) in [4.78, 5) is 122. The Bertz CT molecular complexity index is 3970. The van der Waals surface area contributed by atoms with Crippen molar-refractivity contribution in [2.45, 2.75) is 123 Å². The lowest BCUT2D eigenvalue weighted by Gasteiger charge is -2.39. The maximum atomic E-state index is 14.8. The van der Waals surface area contributed by atoms with Crippen LogP contribution in [0.5, 0.6) is 28.7 Å². The Morgan fingerprint density at radius 3 is 1.90 bits per heavy atom. The summed E-state index contributed by atoms with van der Waals surface area (Å²) in [5.74, 6) is -2.57. The van der Waals surface area contributed by atoms with Crippen molar-refractivity contribution >= 4 is 70.7 Å². The molecule has 5 aromatic carbocycles. The second-order valence-electron chi connectivity index (χ2n) is 23.7. The number of pyridine rings is 1. The Balaban J connectivity index is 0.741. The number of hydrogen-bond donors (Lipinski definition) is 5. The van der Waals surface area contributed by atoms with Crippen molar-refractivity contribution in [1.82, 2.24) is 30.3 Å². The zero-order valence-corrected chi connectivity index (χ0v) is 52.0. The monoisotopic (exact) mass is 1270 g/mol. The molecule has 482 valence electrons. The molecule has 24 heteroatoms. The van der Waals surface area contributed by atoms with E-state index >= 15 is 0 Å². The first-order valence-corrected chi connectivity index (χ1v) is 30.7. The molecule has 11 rings (SSSR count). The second-order valence-corrected chi connectivity index (χ2v) is 23.7. The van der Waals surface area contributed by atoms with Crippen LogP contribution in [-0.4, -0.2) is 135 Å². The van der Waals surface area contributed by atoms with E-state index in [9.17, 15) is 48.6 Å². The molecule has 0 saturated heterocycles. The molecule has 5 aliphatic heterocycles. The molecule has 6 aromatic rings. The highest BCUT2D eigenvalue weighted by atomic mass is 16.6.